The molecule has 0 amide bonds. The monoisotopic (exact) mass is 488 g/mol. The normalized spacial score (nSPS) is 43.7. The van der Waals surface area contributed by atoms with E-state index in [1.54, 1.807) is 11.1 Å². The van der Waals surface area contributed by atoms with Crippen LogP contribution >= 0.6 is 0 Å². The molecule has 5 aliphatic rings. The van der Waals surface area contributed by atoms with Crippen LogP contribution in [0.25, 0.3) is 0 Å². The molecule has 0 radical (unpaired) electrons. The van der Waals surface area contributed by atoms with Gasteiger partial charge in [0, 0.05) is 0 Å². The molecule has 36 heavy (non-hydrogen) atoms. The molecule has 0 aromatic carbocycles. The van der Waals surface area contributed by atoms with Crippen LogP contribution < -0.4 is 0 Å². The van der Waals surface area contributed by atoms with Crippen molar-refractivity contribution in [2.24, 2.45) is 74.4 Å². The summed E-state index contributed by atoms with van der Waals surface area (Å²) >= 11 is 0. The minimum absolute atomic E-state index is 0.213. The Morgan fingerprint density at radius 1 is 0.639 bits per heavy atom. The number of hydrogen-bond acceptors (Lipinski definition) is 0. The van der Waals surface area contributed by atoms with Gasteiger partial charge in [-0.1, -0.05) is 120 Å². The van der Waals surface area contributed by atoms with Crippen molar-refractivity contribution in [1.82, 2.24) is 0 Å². The fourth-order valence-corrected chi connectivity index (χ4v) is 9.97. The highest BCUT2D eigenvalue weighted by Gasteiger charge is 2.66. The van der Waals surface area contributed by atoms with Crippen molar-refractivity contribution in [1.29, 1.82) is 0 Å². The molecule has 0 bridgehead atoms. The largest absolute Gasteiger partial charge is 0.0799 e. The minimum Gasteiger partial charge on any atom is -0.0799 e. The van der Waals surface area contributed by atoms with E-state index in [0.29, 0.717) is 39.9 Å². The molecule has 0 saturated heterocycles. The van der Waals surface area contributed by atoms with Crippen LogP contribution in [0.15, 0.2) is 47.6 Å². The molecule has 0 aliphatic heterocycles. The zero-order chi connectivity index (χ0) is 26.6. The van der Waals surface area contributed by atoms with E-state index in [9.17, 15) is 0 Å². The molecule has 3 saturated carbocycles. The molecule has 3 fully saturated rings. The molecule has 8 atom stereocenters. The molecule has 5 aliphatic carbocycles. The van der Waals surface area contributed by atoms with Gasteiger partial charge >= 0.3 is 0 Å². The minimum atomic E-state index is 0.213. The Kier molecular flexibility index (Phi) is 5.89. The fourth-order valence-electron chi connectivity index (χ4n) is 9.97. The molecular weight excluding hydrogens is 432 g/mol. The fraction of sp³-hybridized carbons (Fsp3) is 0.778. The van der Waals surface area contributed by atoms with Crippen molar-refractivity contribution in [2.45, 2.75) is 102 Å². The molecular formula is C36H56. The summed E-state index contributed by atoms with van der Waals surface area (Å²) in [4.78, 5) is 0. The number of rotatable bonds is 1. The van der Waals surface area contributed by atoms with Crippen LogP contribution in [0, 0.1) is 74.4 Å². The molecule has 5 rings (SSSR count). The van der Waals surface area contributed by atoms with E-state index in [-0.39, 0.29) is 10.8 Å². The van der Waals surface area contributed by atoms with Crippen molar-refractivity contribution in [3.63, 3.8) is 0 Å². The summed E-state index contributed by atoms with van der Waals surface area (Å²) < 4.78 is 0. The summed E-state index contributed by atoms with van der Waals surface area (Å²) in [6.45, 7) is 29.9. The van der Waals surface area contributed by atoms with E-state index in [0.717, 1.165) is 23.7 Å². The molecule has 0 N–H and O–H groups in total. The highest BCUT2D eigenvalue weighted by Crippen LogP contribution is 2.72. The van der Waals surface area contributed by atoms with Crippen molar-refractivity contribution in [3.05, 3.63) is 47.6 Å². The van der Waals surface area contributed by atoms with E-state index < -0.39 is 0 Å². The molecule has 0 spiro atoms. The van der Waals surface area contributed by atoms with Gasteiger partial charge in [0.25, 0.3) is 0 Å². The van der Waals surface area contributed by atoms with Crippen LogP contribution in [0.1, 0.15) is 102 Å². The SMILES string of the molecule is CC(C)(C)C1=CC2C(C=C1)C1C=CC(C(C)(C)C)=CC1C2C1(C)CC(C)(C)C2CC(C(C)(C)C)CC21. The molecule has 0 heterocycles. The van der Waals surface area contributed by atoms with E-state index in [1.165, 1.54) is 19.3 Å². The van der Waals surface area contributed by atoms with Gasteiger partial charge in [-0.2, -0.15) is 0 Å². The summed E-state index contributed by atoms with van der Waals surface area (Å²) in [5.74, 6) is 5.94. The zero-order valence-electron chi connectivity index (χ0n) is 25.7. The molecule has 8 unspecified atom stereocenters. The Morgan fingerprint density at radius 2 is 1.08 bits per heavy atom. The van der Waals surface area contributed by atoms with Gasteiger partial charge in [0.05, 0.1) is 0 Å². The molecule has 0 nitrogen and oxygen atoms in total. The van der Waals surface area contributed by atoms with E-state index in [4.69, 9.17) is 0 Å². The van der Waals surface area contributed by atoms with Gasteiger partial charge in [-0.15, -0.1) is 0 Å². The lowest BCUT2D eigenvalue weighted by atomic mass is 9.59. The Balaban J connectivity index is 1.63. The number of fused-ring (bicyclic) bond motifs is 4. The number of hydrogen-bond donors (Lipinski definition) is 0. The van der Waals surface area contributed by atoms with Crippen LogP contribution in [-0.4, -0.2) is 0 Å². The Bertz CT molecular complexity index is 954. The maximum atomic E-state index is 2.77. The van der Waals surface area contributed by atoms with Crippen LogP contribution in [-0.2, 0) is 0 Å². The van der Waals surface area contributed by atoms with Gasteiger partial charge in [0.1, 0.15) is 0 Å². The van der Waals surface area contributed by atoms with Crippen molar-refractivity contribution in [3.8, 4) is 0 Å². The molecule has 0 aromatic rings. The van der Waals surface area contributed by atoms with E-state index in [1.807, 2.05) is 0 Å². The lowest BCUT2D eigenvalue weighted by Gasteiger charge is -2.45. The lowest BCUT2D eigenvalue weighted by molar-refractivity contribution is 0.0595. The maximum absolute atomic E-state index is 2.77. The highest BCUT2D eigenvalue weighted by molar-refractivity contribution is 5.40. The first-order valence-electron chi connectivity index (χ1n) is 15.1. The first-order valence-corrected chi connectivity index (χ1v) is 15.1. The van der Waals surface area contributed by atoms with Crippen LogP contribution in [0.4, 0.5) is 0 Å². The second-order valence-corrected chi connectivity index (χ2v) is 17.7. The summed E-state index contributed by atoms with van der Waals surface area (Å²) in [5, 5.41) is 0. The van der Waals surface area contributed by atoms with Gasteiger partial charge in [-0.05, 0) is 105 Å². The van der Waals surface area contributed by atoms with Crippen molar-refractivity contribution in [2.75, 3.05) is 0 Å². The van der Waals surface area contributed by atoms with Crippen LogP contribution in [0.2, 0.25) is 0 Å². The molecule has 0 heteroatoms. The quantitative estimate of drug-likeness (QED) is 0.344. The van der Waals surface area contributed by atoms with E-state index in [2.05, 4.69) is 120 Å². The van der Waals surface area contributed by atoms with Gasteiger partial charge in [0.15, 0.2) is 0 Å². The Labute approximate surface area is 224 Å². The summed E-state index contributed by atoms with van der Waals surface area (Å²) in [7, 11) is 0. The predicted octanol–water partition coefficient (Wildman–Crippen LogP) is 10.3. The van der Waals surface area contributed by atoms with Crippen LogP contribution in [0.5, 0.6) is 0 Å². The van der Waals surface area contributed by atoms with Crippen molar-refractivity contribution < 1.29 is 0 Å². The Morgan fingerprint density at radius 3 is 1.50 bits per heavy atom. The second kappa shape index (κ2) is 7.99. The summed E-state index contributed by atoms with van der Waals surface area (Å²) in [5.41, 5.74) is 4.81. The highest BCUT2D eigenvalue weighted by atomic mass is 14.7. The first kappa shape index (κ1) is 26.6. The van der Waals surface area contributed by atoms with Crippen molar-refractivity contribution >= 4 is 0 Å². The third-order valence-corrected chi connectivity index (χ3v) is 11.9. The standard InChI is InChI=1S/C36H56/c1-32(2,3)22-13-15-25-26-16-14-23(33(4,5)6)18-28(26)31(27(25)17-22)36(12)21-35(10,11)29-19-24(20-30(29)36)34(7,8)9/h13-18,24-31H,19-21H2,1-12H3. The molecule has 200 valence electrons. The van der Waals surface area contributed by atoms with Gasteiger partial charge in [0.2, 0.25) is 0 Å². The third-order valence-electron chi connectivity index (χ3n) is 11.9. The van der Waals surface area contributed by atoms with Gasteiger partial charge in [-0.3, -0.25) is 0 Å². The topological polar surface area (TPSA) is 0 Å². The van der Waals surface area contributed by atoms with Crippen LogP contribution in [0.3, 0.4) is 0 Å². The van der Waals surface area contributed by atoms with Gasteiger partial charge < -0.3 is 0 Å². The third kappa shape index (κ3) is 4.07. The summed E-state index contributed by atoms with van der Waals surface area (Å²) in [6.07, 6.45) is 20.1. The second-order valence-electron chi connectivity index (χ2n) is 17.7. The maximum Gasteiger partial charge on any atom is -0.00952 e. The van der Waals surface area contributed by atoms with E-state index >= 15 is 0 Å². The number of allylic oxidation sites excluding steroid dienone is 8. The zero-order valence-corrected chi connectivity index (χ0v) is 25.7. The smallest absolute Gasteiger partial charge is 0.00952 e. The Hall–Kier alpha value is -1.04. The first-order chi connectivity index (χ1) is 16.3. The lowest BCUT2D eigenvalue weighted by Crippen LogP contribution is -2.39. The average Bonchev–Trinajstić information content (AvgIpc) is 3.36. The molecule has 0 aromatic heterocycles. The average molecular weight is 489 g/mol. The predicted molar refractivity (Wildman–Crippen MR) is 156 cm³/mol. The van der Waals surface area contributed by atoms with Gasteiger partial charge in [-0.25, -0.2) is 0 Å². The summed E-state index contributed by atoms with van der Waals surface area (Å²) in [6, 6.07) is 0.